The predicted octanol–water partition coefficient (Wildman–Crippen LogP) is 4.57. The SMILES string of the molecule is CC[C@H](NC)C(=O)N[C@H]1CCc2ccccc2N(Cc2c(OC)ccc3cc(Br)ccc23)C1=O. The number of methoxy groups -OCH3 is 1. The Morgan fingerprint density at radius 3 is 2.74 bits per heavy atom. The minimum Gasteiger partial charge on any atom is -0.496 e. The summed E-state index contributed by atoms with van der Waals surface area (Å²) >= 11 is 3.55. The van der Waals surface area contributed by atoms with Crippen molar-refractivity contribution in [2.24, 2.45) is 0 Å². The smallest absolute Gasteiger partial charge is 0.249 e. The maximum absolute atomic E-state index is 13.9. The molecule has 3 aromatic carbocycles. The van der Waals surface area contributed by atoms with Crippen molar-refractivity contribution in [2.75, 3.05) is 19.1 Å². The standard InChI is InChI=1S/C27H30BrN3O3/c1-4-22(29-2)26(32)30-23-13-9-17-7-5-6-8-24(17)31(27(23)33)16-21-20-12-11-19(28)15-18(20)10-14-25(21)34-3/h5-8,10-12,14-15,22-23,29H,4,9,13,16H2,1-3H3,(H,30,32)/t22-,23-/m0/s1. The molecule has 2 amide bonds. The van der Waals surface area contributed by atoms with Gasteiger partial charge in [0.15, 0.2) is 0 Å². The number of hydrogen-bond acceptors (Lipinski definition) is 4. The highest BCUT2D eigenvalue weighted by Crippen LogP contribution is 2.35. The maximum atomic E-state index is 13.9. The van der Waals surface area contributed by atoms with Crippen LogP contribution in [0.4, 0.5) is 5.69 Å². The molecular weight excluding hydrogens is 494 g/mol. The molecule has 34 heavy (non-hydrogen) atoms. The lowest BCUT2D eigenvalue weighted by molar-refractivity contribution is -0.128. The van der Waals surface area contributed by atoms with Crippen LogP contribution in [0.15, 0.2) is 59.1 Å². The summed E-state index contributed by atoms with van der Waals surface area (Å²) in [5.74, 6) is 0.466. The molecule has 0 spiro atoms. The van der Waals surface area contributed by atoms with E-state index < -0.39 is 6.04 Å². The minimum absolute atomic E-state index is 0.111. The quantitative estimate of drug-likeness (QED) is 0.475. The van der Waals surface area contributed by atoms with Gasteiger partial charge >= 0.3 is 0 Å². The molecule has 7 heteroatoms. The average molecular weight is 524 g/mol. The lowest BCUT2D eigenvalue weighted by atomic mass is 10.0. The maximum Gasteiger partial charge on any atom is 0.249 e. The van der Waals surface area contributed by atoms with Gasteiger partial charge in [0, 0.05) is 15.7 Å². The van der Waals surface area contributed by atoms with Gasteiger partial charge in [-0.15, -0.1) is 0 Å². The largest absolute Gasteiger partial charge is 0.496 e. The summed E-state index contributed by atoms with van der Waals surface area (Å²) < 4.78 is 6.69. The molecular formula is C27H30BrN3O3. The molecule has 0 saturated heterocycles. The van der Waals surface area contributed by atoms with Gasteiger partial charge in [0.25, 0.3) is 0 Å². The molecule has 0 aromatic heterocycles. The Kier molecular flexibility index (Phi) is 7.54. The van der Waals surface area contributed by atoms with Crippen molar-refractivity contribution in [3.05, 3.63) is 70.2 Å². The van der Waals surface area contributed by atoms with Crippen LogP contribution in [0.5, 0.6) is 5.75 Å². The van der Waals surface area contributed by atoms with E-state index >= 15 is 0 Å². The van der Waals surface area contributed by atoms with Crippen molar-refractivity contribution in [3.8, 4) is 5.75 Å². The highest BCUT2D eigenvalue weighted by Gasteiger charge is 2.33. The topological polar surface area (TPSA) is 70.7 Å². The van der Waals surface area contributed by atoms with E-state index in [0.717, 1.165) is 37.8 Å². The van der Waals surface area contributed by atoms with Gasteiger partial charge in [-0.3, -0.25) is 9.59 Å². The summed E-state index contributed by atoms with van der Waals surface area (Å²) in [5.41, 5.74) is 2.90. The number of amides is 2. The summed E-state index contributed by atoms with van der Waals surface area (Å²) in [6.07, 6.45) is 1.91. The number of hydrogen-bond donors (Lipinski definition) is 2. The number of para-hydroxylation sites is 1. The van der Waals surface area contributed by atoms with Gasteiger partial charge in [0.1, 0.15) is 11.8 Å². The number of rotatable bonds is 7. The van der Waals surface area contributed by atoms with Gasteiger partial charge in [0.05, 0.1) is 19.7 Å². The number of ether oxygens (including phenoxy) is 1. The van der Waals surface area contributed by atoms with Crippen molar-refractivity contribution < 1.29 is 14.3 Å². The molecule has 2 N–H and O–H groups in total. The van der Waals surface area contributed by atoms with Crippen LogP contribution in [0, 0.1) is 0 Å². The molecule has 1 aliphatic rings. The normalized spacial score (nSPS) is 16.6. The van der Waals surface area contributed by atoms with Crippen LogP contribution < -0.4 is 20.3 Å². The number of nitrogens with one attached hydrogen (secondary N) is 2. The molecule has 1 heterocycles. The van der Waals surface area contributed by atoms with E-state index in [4.69, 9.17) is 4.74 Å². The van der Waals surface area contributed by atoms with E-state index in [0.29, 0.717) is 25.8 Å². The summed E-state index contributed by atoms with van der Waals surface area (Å²) in [6.45, 7) is 2.29. The van der Waals surface area contributed by atoms with Crippen LogP contribution >= 0.6 is 15.9 Å². The van der Waals surface area contributed by atoms with Crippen LogP contribution in [-0.2, 0) is 22.6 Å². The fourth-order valence-electron chi connectivity index (χ4n) is 4.66. The van der Waals surface area contributed by atoms with Gasteiger partial charge in [-0.25, -0.2) is 0 Å². The summed E-state index contributed by atoms with van der Waals surface area (Å²) in [4.78, 5) is 28.5. The summed E-state index contributed by atoms with van der Waals surface area (Å²) in [5, 5.41) is 8.11. The third-order valence-electron chi connectivity index (χ3n) is 6.53. The predicted molar refractivity (Wildman–Crippen MR) is 139 cm³/mol. The number of anilines is 1. The summed E-state index contributed by atoms with van der Waals surface area (Å²) in [7, 11) is 3.41. The van der Waals surface area contributed by atoms with E-state index in [2.05, 4.69) is 38.7 Å². The first kappa shape index (κ1) is 24.2. The molecule has 0 unspecified atom stereocenters. The second-order valence-electron chi connectivity index (χ2n) is 8.51. The van der Waals surface area contributed by atoms with Crippen molar-refractivity contribution in [3.63, 3.8) is 0 Å². The monoisotopic (exact) mass is 523 g/mol. The van der Waals surface area contributed by atoms with Gasteiger partial charge < -0.3 is 20.3 Å². The molecule has 0 aliphatic carbocycles. The molecule has 6 nitrogen and oxygen atoms in total. The first-order chi connectivity index (χ1) is 16.5. The van der Waals surface area contributed by atoms with E-state index in [9.17, 15) is 9.59 Å². The van der Waals surface area contributed by atoms with Gasteiger partial charge in [-0.2, -0.15) is 0 Å². The van der Waals surface area contributed by atoms with Gasteiger partial charge in [-0.1, -0.05) is 53.2 Å². The first-order valence-corrected chi connectivity index (χ1v) is 12.4. The fraction of sp³-hybridized carbons (Fsp3) is 0.333. The van der Waals surface area contributed by atoms with Crippen LogP contribution in [0.25, 0.3) is 10.8 Å². The zero-order valence-electron chi connectivity index (χ0n) is 19.7. The second kappa shape index (κ2) is 10.6. The van der Waals surface area contributed by atoms with E-state index in [1.807, 2.05) is 49.4 Å². The zero-order chi connectivity index (χ0) is 24.2. The zero-order valence-corrected chi connectivity index (χ0v) is 21.3. The van der Waals surface area contributed by atoms with Gasteiger partial charge in [0.2, 0.25) is 11.8 Å². The molecule has 4 rings (SSSR count). The number of benzene rings is 3. The van der Waals surface area contributed by atoms with Crippen molar-refractivity contribution in [2.45, 2.75) is 44.8 Å². The first-order valence-electron chi connectivity index (χ1n) is 11.6. The molecule has 0 saturated carbocycles. The van der Waals surface area contributed by atoms with Crippen molar-refractivity contribution in [1.29, 1.82) is 0 Å². The van der Waals surface area contributed by atoms with Crippen LogP contribution in [-0.4, -0.2) is 38.1 Å². The molecule has 178 valence electrons. The fourth-order valence-corrected chi connectivity index (χ4v) is 5.04. The average Bonchev–Trinajstić information content (AvgIpc) is 2.97. The van der Waals surface area contributed by atoms with Crippen LogP contribution in [0.2, 0.25) is 0 Å². The highest BCUT2D eigenvalue weighted by atomic mass is 79.9. The Labute approximate surface area is 208 Å². The summed E-state index contributed by atoms with van der Waals surface area (Å²) in [6, 6.07) is 17.1. The minimum atomic E-state index is -0.600. The van der Waals surface area contributed by atoms with Crippen LogP contribution in [0.1, 0.15) is 30.9 Å². The molecule has 0 fully saturated rings. The highest BCUT2D eigenvalue weighted by molar-refractivity contribution is 9.10. The Bertz CT molecular complexity index is 1210. The Morgan fingerprint density at radius 2 is 2.00 bits per heavy atom. The number of carbonyl (C=O) groups is 2. The lowest BCUT2D eigenvalue weighted by Gasteiger charge is -2.28. The second-order valence-corrected chi connectivity index (χ2v) is 9.43. The number of carbonyl (C=O) groups excluding carboxylic acids is 2. The number of aryl methyl sites for hydroxylation is 1. The van der Waals surface area contributed by atoms with Gasteiger partial charge in [-0.05, 0) is 66.9 Å². The van der Waals surface area contributed by atoms with Crippen molar-refractivity contribution in [1.82, 2.24) is 10.6 Å². The van der Waals surface area contributed by atoms with E-state index in [1.165, 1.54) is 0 Å². The van der Waals surface area contributed by atoms with E-state index in [1.54, 1.807) is 19.1 Å². The Morgan fingerprint density at radius 1 is 1.21 bits per heavy atom. The Balaban J connectivity index is 1.76. The number of halogens is 1. The van der Waals surface area contributed by atoms with E-state index in [-0.39, 0.29) is 17.9 Å². The molecule has 1 aliphatic heterocycles. The number of likely N-dealkylation sites (N-methyl/N-ethyl adjacent to an activating group) is 1. The number of nitrogens with zero attached hydrogens (tertiary/aromatic N) is 1. The molecule has 0 bridgehead atoms. The third kappa shape index (κ3) is 4.81. The molecule has 0 radical (unpaired) electrons. The lowest BCUT2D eigenvalue weighted by Crippen LogP contribution is -2.52. The van der Waals surface area contributed by atoms with Crippen molar-refractivity contribution >= 4 is 44.2 Å². The molecule has 2 atom stereocenters. The Hall–Kier alpha value is -2.90. The third-order valence-corrected chi connectivity index (χ3v) is 7.02. The number of fused-ring (bicyclic) bond motifs is 2. The molecule has 3 aromatic rings. The van der Waals surface area contributed by atoms with Crippen LogP contribution in [0.3, 0.4) is 0 Å².